The van der Waals surface area contributed by atoms with Crippen LogP contribution < -0.4 is 5.32 Å². The molecule has 1 unspecified atom stereocenters. The average Bonchev–Trinajstić information content (AvgIpc) is 2.48. The van der Waals surface area contributed by atoms with Gasteiger partial charge < -0.3 is 10.2 Å². The number of nitrogens with zero attached hydrogens (tertiary/aromatic N) is 1. The minimum atomic E-state index is -0.467. The maximum Gasteiger partial charge on any atom is 0.251 e. The van der Waals surface area contributed by atoms with Crippen molar-refractivity contribution < 1.29 is 9.59 Å². The van der Waals surface area contributed by atoms with Crippen molar-refractivity contribution in [3.63, 3.8) is 0 Å². The molecule has 1 heterocycles. The number of nitrogens with one attached hydrogen (secondary N) is 1. The molecule has 0 radical (unpaired) electrons. The molecular formula is C15H20N2O2. The molecule has 1 fully saturated rings. The van der Waals surface area contributed by atoms with Crippen molar-refractivity contribution in [2.45, 2.75) is 32.2 Å². The summed E-state index contributed by atoms with van der Waals surface area (Å²) in [5, 5.41) is 2.76. The number of rotatable bonds is 3. The monoisotopic (exact) mass is 260 g/mol. The predicted molar refractivity (Wildman–Crippen MR) is 73.8 cm³/mol. The Kier molecular flexibility index (Phi) is 4.55. The molecule has 1 aliphatic rings. The highest BCUT2D eigenvalue weighted by Crippen LogP contribution is 2.10. The SMILES string of the molecule is CC(NC(=O)c1ccccc1)C(=O)N1CCCCC1. The van der Waals surface area contributed by atoms with Crippen LogP contribution in [0.15, 0.2) is 30.3 Å². The normalized spacial score (nSPS) is 16.8. The van der Waals surface area contributed by atoms with Crippen molar-refractivity contribution in [1.82, 2.24) is 10.2 Å². The summed E-state index contributed by atoms with van der Waals surface area (Å²) in [6.45, 7) is 3.37. The molecule has 0 saturated carbocycles. The first kappa shape index (κ1) is 13.6. The van der Waals surface area contributed by atoms with Crippen molar-refractivity contribution in [3.8, 4) is 0 Å². The molecule has 19 heavy (non-hydrogen) atoms. The number of hydrogen-bond acceptors (Lipinski definition) is 2. The fourth-order valence-corrected chi connectivity index (χ4v) is 2.32. The molecule has 1 aliphatic heterocycles. The molecule has 1 aromatic rings. The van der Waals surface area contributed by atoms with Crippen molar-refractivity contribution in [2.75, 3.05) is 13.1 Å². The van der Waals surface area contributed by atoms with Gasteiger partial charge in [0.05, 0.1) is 0 Å². The van der Waals surface area contributed by atoms with Gasteiger partial charge in [0.25, 0.3) is 5.91 Å². The first-order valence-electron chi connectivity index (χ1n) is 6.83. The second-order valence-electron chi connectivity index (χ2n) is 4.95. The van der Waals surface area contributed by atoms with Crippen LogP contribution in [0.5, 0.6) is 0 Å². The van der Waals surface area contributed by atoms with Gasteiger partial charge in [0.15, 0.2) is 0 Å². The highest BCUT2D eigenvalue weighted by atomic mass is 16.2. The predicted octanol–water partition coefficient (Wildman–Crippen LogP) is 1.82. The highest BCUT2D eigenvalue weighted by molar-refractivity contribution is 5.97. The third-order valence-electron chi connectivity index (χ3n) is 3.42. The molecule has 0 aliphatic carbocycles. The van der Waals surface area contributed by atoms with Gasteiger partial charge in [-0.25, -0.2) is 0 Å². The molecule has 4 nitrogen and oxygen atoms in total. The van der Waals surface area contributed by atoms with Gasteiger partial charge in [-0.15, -0.1) is 0 Å². The van der Waals surface area contributed by atoms with Crippen molar-refractivity contribution in [2.24, 2.45) is 0 Å². The van der Waals surface area contributed by atoms with Gasteiger partial charge in [-0.2, -0.15) is 0 Å². The average molecular weight is 260 g/mol. The van der Waals surface area contributed by atoms with E-state index in [0.29, 0.717) is 5.56 Å². The van der Waals surface area contributed by atoms with E-state index in [-0.39, 0.29) is 11.8 Å². The Morgan fingerprint density at radius 1 is 1.11 bits per heavy atom. The highest BCUT2D eigenvalue weighted by Gasteiger charge is 2.23. The largest absolute Gasteiger partial charge is 0.341 e. The molecule has 1 N–H and O–H groups in total. The molecule has 4 heteroatoms. The van der Waals surface area contributed by atoms with Crippen molar-refractivity contribution >= 4 is 11.8 Å². The number of likely N-dealkylation sites (tertiary alicyclic amines) is 1. The lowest BCUT2D eigenvalue weighted by molar-refractivity contribution is -0.133. The van der Waals surface area contributed by atoms with Crippen LogP contribution in [0.1, 0.15) is 36.5 Å². The Bertz CT molecular complexity index is 439. The van der Waals surface area contributed by atoms with Gasteiger partial charge in [0.2, 0.25) is 5.91 Å². The van der Waals surface area contributed by atoms with E-state index in [9.17, 15) is 9.59 Å². The Morgan fingerprint density at radius 3 is 2.37 bits per heavy atom. The molecular weight excluding hydrogens is 240 g/mol. The van der Waals surface area contributed by atoms with Crippen molar-refractivity contribution in [3.05, 3.63) is 35.9 Å². The number of carbonyl (C=O) groups is 2. The van der Waals surface area contributed by atoms with Gasteiger partial charge in [0.1, 0.15) is 6.04 Å². The van der Waals surface area contributed by atoms with Gasteiger partial charge in [0, 0.05) is 18.7 Å². The number of carbonyl (C=O) groups excluding carboxylic acids is 2. The summed E-state index contributed by atoms with van der Waals surface area (Å²) in [5.74, 6) is -0.178. The second-order valence-corrected chi connectivity index (χ2v) is 4.95. The van der Waals surface area contributed by atoms with Crippen molar-refractivity contribution in [1.29, 1.82) is 0 Å². The summed E-state index contributed by atoms with van der Waals surface area (Å²) < 4.78 is 0. The van der Waals surface area contributed by atoms with E-state index in [1.165, 1.54) is 6.42 Å². The van der Waals surface area contributed by atoms with Crippen LogP contribution in [0.2, 0.25) is 0 Å². The lowest BCUT2D eigenvalue weighted by Gasteiger charge is -2.29. The van der Waals surface area contributed by atoms with Crippen LogP contribution in [0.25, 0.3) is 0 Å². The molecule has 0 bridgehead atoms. The number of hydrogen-bond donors (Lipinski definition) is 1. The van der Waals surface area contributed by atoms with Crippen LogP contribution in [-0.4, -0.2) is 35.8 Å². The van der Waals surface area contributed by atoms with E-state index >= 15 is 0 Å². The maximum absolute atomic E-state index is 12.2. The molecule has 1 atom stereocenters. The van der Waals surface area contributed by atoms with Crippen LogP contribution in [0.3, 0.4) is 0 Å². The fraction of sp³-hybridized carbons (Fsp3) is 0.467. The Hall–Kier alpha value is -1.84. The minimum Gasteiger partial charge on any atom is -0.341 e. The van der Waals surface area contributed by atoms with E-state index in [4.69, 9.17) is 0 Å². The van der Waals surface area contributed by atoms with E-state index in [2.05, 4.69) is 5.32 Å². The molecule has 2 rings (SSSR count). The Labute approximate surface area is 113 Å². The van der Waals surface area contributed by atoms with Crippen LogP contribution in [0.4, 0.5) is 0 Å². The van der Waals surface area contributed by atoms with E-state index in [0.717, 1.165) is 25.9 Å². The summed E-state index contributed by atoms with van der Waals surface area (Å²) in [4.78, 5) is 26.0. The van der Waals surface area contributed by atoms with E-state index < -0.39 is 6.04 Å². The minimum absolute atomic E-state index is 0.0176. The number of amides is 2. The van der Waals surface area contributed by atoms with Gasteiger partial charge in [-0.05, 0) is 38.3 Å². The summed E-state index contributed by atoms with van der Waals surface area (Å²) in [6, 6.07) is 8.50. The molecule has 0 aromatic heterocycles. The number of benzene rings is 1. The van der Waals surface area contributed by atoms with E-state index in [1.807, 2.05) is 23.1 Å². The standard InChI is InChI=1S/C15H20N2O2/c1-12(15(19)17-10-6-3-7-11-17)16-14(18)13-8-4-2-5-9-13/h2,4-5,8-9,12H,3,6-7,10-11H2,1H3,(H,16,18). The summed E-state index contributed by atoms with van der Waals surface area (Å²) >= 11 is 0. The molecule has 2 amide bonds. The lowest BCUT2D eigenvalue weighted by Crippen LogP contribution is -2.48. The third kappa shape index (κ3) is 3.56. The number of piperidine rings is 1. The first-order chi connectivity index (χ1) is 9.18. The quantitative estimate of drug-likeness (QED) is 0.901. The smallest absolute Gasteiger partial charge is 0.251 e. The molecule has 1 saturated heterocycles. The van der Waals surface area contributed by atoms with Gasteiger partial charge in [-0.1, -0.05) is 18.2 Å². The first-order valence-corrected chi connectivity index (χ1v) is 6.83. The van der Waals surface area contributed by atoms with Crippen LogP contribution >= 0.6 is 0 Å². The summed E-state index contributed by atoms with van der Waals surface area (Å²) in [6.07, 6.45) is 3.31. The van der Waals surface area contributed by atoms with E-state index in [1.54, 1.807) is 19.1 Å². The zero-order chi connectivity index (χ0) is 13.7. The molecule has 1 aromatic carbocycles. The summed E-state index contributed by atoms with van der Waals surface area (Å²) in [5.41, 5.74) is 0.584. The second kappa shape index (κ2) is 6.36. The molecule has 0 spiro atoms. The fourth-order valence-electron chi connectivity index (χ4n) is 2.32. The Balaban J connectivity index is 1.91. The third-order valence-corrected chi connectivity index (χ3v) is 3.42. The van der Waals surface area contributed by atoms with Crippen LogP contribution in [-0.2, 0) is 4.79 Å². The Morgan fingerprint density at radius 2 is 1.74 bits per heavy atom. The molecule has 102 valence electrons. The topological polar surface area (TPSA) is 49.4 Å². The van der Waals surface area contributed by atoms with Gasteiger partial charge >= 0.3 is 0 Å². The van der Waals surface area contributed by atoms with Crippen LogP contribution in [0, 0.1) is 0 Å². The lowest BCUT2D eigenvalue weighted by atomic mass is 10.1. The van der Waals surface area contributed by atoms with Gasteiger partial charge in [-0.3, -0.25) is 9.59 Å². The summed E-state index contributed by atoms with van der Waals surface area (Å²) in [7, 11) is 0. The zero-order valence-corrected chi connectivity index (χ0v) is 11.3. The zero-order valence-electron chi connectivity index (χ0n) is 11.3. The maximum atomic E-state index is 12.2.